The van der Waals surface area contributed by atoms with Crippen molar-refractivity contribution in [2.45, 2.75) is 44.1 Å². The summed E-state index contributed by atoms with van der Waals surface area (Å²) in [7, 11) is 3.13. The zero-order chi connectivity index (χ0) is 21.6. The van der Waals surface area contributed by atoms with Crippen LogP contribution < -0.4 is 14.8 Å². The zero-order valence-electron chi connectivity index (χ0n) is 18.7. The highest BCUT2D eigenvalue weighted by molar-refractivity contribution is 6.32. The molecule has 0 unspecified atom stereocenters. The first kappa shape index (κ1) is 21.4. The predicted octanol–water partition coefficient (Wildman–Crippen LogP) is 3.88. The highest BCUT2D eigenvalue weighted by Gasteiger charge is 2.53. The minimum absolute atomic E-state index is 0.0362. The molecule has 1 aromatic carbocycles. The number of rotatable bonds is 6. The van der Waals surface area contributed by atoms with Crippen molar-refractivity contribution < 1.29 is 14.3 Å². The Bertz CT molecular complexity index is 802. The summed E-state index contributed by atoms with van der Waals surface area (Å²) in [5.41, 5.74) is 1.05. The molecule has 170 valence electrons. The van der Waals surface area contributed by atoms with Crippen molar-refractivity contribution in [3.63, 3.8) is 0 Å². The number of nitrogens with one attached hydrogen (secondary N) is 1. The third-order valence-electron chi connectivity index (χ3n) is 8.16. The summed E-state index contributed by atoms with van der Waals surface area (Å²) in [6.07, 6.45) is 8.70. The molecule has 7 heteroatoms. The summed E-state index contributed by atoms with van der Waals surface area (Å²) in [5, 5.41) is 3.43. The van der Waals surface area contributed by atoms with Gasteiger partial charge in [0.05, 0.1) is 31.5 Å². The van der Waals surface area contributed by atoms with Crippen LogP contribution in [-0.4, -0.2) is 68.2 Å². The molecule has 1 aromatic rings. The quantitative estimate of drug-likeness (QED) is 0.717. The van der Waals surface area contributed by atoms with E-state index in [4.69, 9.17) is 21.1 Å². The average molecular weight is 448 g/mol. The van der Waals surface area contributed by atoms with Crippen LogP contribution in [-0.2, 0) is 4.79 Å². The second-order valence-corrected chi connectivity index (χ2v) is 10.5. The molecule has 0 aromatic heterocycles. The Balaban J connectivity index is 1.17. The second kappa shape index (κ2) is 8.45. The maximum absolute atomic E-state index is 12.7. The van der Waals surface area contributed by atoms with Gasteiger partial charge in [0.25, 0.3) is 0 Å². The SMILES string of the molecule is COc1cc(NC(=O)CN2CCN(C34CC5CC(CC(C5)C3)C4)CC2)c(OC)cc1Cl. The number of halogens is 1. The van der Waals surface area contributed by atoms with Gasteiger partial charge in [-0.1, -0.05) is 11.6 Å². The van der Waals surface area contributed by atoms with E-state index in [-0.39, 0.29) is 5.91 Å². The average Bonchev–Trinajstić information content (AvgIpc) is 2.74. The van der Waals surface area contributed by atoms with E-state index < -0.39 is 0 Å². The number of ether oxygens (including phenoxy) is 2. The number of piperazine rings is 1. The van der Waals surface area contributed by atoms with Crippen LogP contribution in [0.1, 0.15) is 38.5 Å². The van der Waals surface area contributed by atoms with Crippen molar-refractivity contribution in [3.8, 4) is 11.5 Å². The number of nitrogens with zero attached hydrogens (tertiary/aromatic N) is 2. The van der Waals surface area contributed by atoms with Crippen LogP contribution in [0.5, 0.6) is 11.5 Å². The van der Waals surface area contributed by atoms with E-state index in [9.17, 15) is 4.79 Å². The lowest BCUT2D eigenvalue weighted by Crippen LogP contribution is -2.64. The molecule has 1 saturated heterocycles. The molecule has 4 saturated carbocycles. The lowest BCUT2D eigenvalue weighted by atomic mass is 9.52. The summed E-state index contributed by atoms with van der Waals surface area (Å²) in [6, 6.07) is 3.38. The molecule has 5 aliphatic rings. The Morgan fingerprint density at radius 1 is 1.00 bits per heavy atom. The molecule has 1 amide bonds. The van der Waals surface area contributed by atoms with Crippen LogP contribution in [0.2, 0.25) is 5.02 Å². The van der Waals surface area contributed by atoms with Gasteiger partial charge in [-0.2, -0.15) is 0 Å². The molecule has 0 spiro atoms. The van der Waals surface area contributed by atoms with Crippen LogP contribution in [0, 0.1) is 17.8 Å². The fourth-order valence-electron chi connectivity index (χ4n) is 7.18. The molecule has 5 fully saturated rings. The number of hydrogen-bond donors (Lipinski definition) is 1. The minimum Gasteiger partial charge on any atom is -0.495 e. The first-order chi connectivity index (χ1) is 15.0. The Labute approximate surface area is 190 Å². The maximum Gasteiger partial charge on any atom is 0.238 e. The number of hydrogen-bond acceptors (Lipinski definition) is 5. The minimum atomic E-state index is -0.0362. The Kier molecular flexibility index (Phi) is 5.82. The van der Waals surface area contributed by atoms with Crippen molar-refractivity contribution in [2.75, 3.05) is 52.3 Å². The third-order valence-corrected chi connectivity index (χ3v) is 8.46. The molecule has 4 bridgehead atoms. The van der Waals surface area contributed by atoms with Crippen LogP contribution in [0.25, 0.3) is 0 Å². The van der Waals surface area contributed by atoms with E-state index in [2.05, 4.69) is 15.1 Å². The lowest BCUT2D eigenvalue weighted by molar-refractivity contribution is -0.120. The lowest BCUT2D eigenvalue weighted by Gasteiger charge is -2.61. The highest BCUT2D eigenvalue weighted by atomic mass is 35.5. The topological polar surface area (TPSA) is 54.0 Å². The Hall–Kier alpha value is -1.50. The molecule has 0 atom stereocenters. The van der Waals surface area contributed by atoms with Gasteiger partial charge in [-0.15, -0.1) is 0 Å². The smallest absolute Gasteiger partial charge is 0.238 e. The third kappa shape index (κ3) is 4.14. The van der Waals surface area contributed by atoms with Crippen LogP contribution in [0.4, 0.5) is 5.69 Å². The molecule has 1 heterocycles. The Morgan fingerprint density at radius 3 is 2.13 bits per heavy atom. The first-order valence-electron chi connectivity index (χ1n) is 11.7. The molecule has 1 N–H and O–H groups in total. The van der Waals surface area contributed by atoms with Gasteiger partial charge in [0.15, 0.2) is 0 Å². The summed E-state index contributed by atoms with van der Waals surface area (Å²) in [5.74, 6) is 3.93. The van der Waals surface area contributed by atoms with Gasteiger partial charge in [0.2, 0.25) is 5.91 Å². The monoisotopic (exact) mass is 447 g/mol. The van der Waals surface area contributed by atoms with E-state index in [1.54, 1.807) is 26.4 Å². The standard InChI is InChI=1S/C24H34ClN3O3/c1-30-21-11-20(22(31-2)10-19(21)25)26-23(29)15-27-3-5-28(6-4-27)24-12-16-7-17(13-24)9-18(8-16)14-24/h10-11,16-18H,3-9,12-15H2,1-2H3,(H,26,29). The molecule has 31 heavy (non-hydrogen) atoms. The number of methoxy groups -OCH3 is 2. The van der Waals surface area contributed by atoms with E-state index in [0.717, 1.165) is 43.9 Å². The first-order valence-corrected chi connectivity index (χ1v) is 12.0. The second-order valence-electron chi connectivity index (χ2n) is 10.1. The number of anilines is 1. The maximum atomic E-state index is 12.7. The van der Waals surface area contributed by atoms with Crippen LogP contribution in [0.3, 0.4) is 0 Å². The number of benzene rings is 1. The zero-order valence-corrected chi connectivity index (χ0v) is 19.4. The fraction of sp³-hybridized carbons (Fsp3) is 0.708. The van der Waals surface area contributed by atoms with Crippen LogP contribution >= 0.6 is 11.6 Å². The van der Waals surface area contributed by atoms with Crippen LogP contribution in [0.15, 0.2) is 12.1 Å². The molecule has 6 nitrogen and oxygen atoms in total. The molecule has 4 aliphatic carbocycles. The number of carbonyl (C=O) groups is 1. The summed E-state index contributed by atoms with van der Waals surface area (Å²) < 4.78 is 10.6. The van der Waals surface area contributed by atoms with Gasteiger partial charge in [0, 0.05) is 43.9 Å². The largest absolute Gasteiger partial charge is 0.495 e. The molecule has 0 radical (unpaired) electrons. The van der Waals surface area contributed by atoms with Crippen molar-refractivity contribution in [3.05, 3.63) is 17.2 Å². The van der Waals surface area contributed by atoms with E-state index >= 15 is 0 Å². The van der Waals surface area contributed by atoms with Gasteiger partial charge in [0.1, 0.15) is 11.5 Å². The number of carbonyl (C=O) groups excluding carboxylic acids is 1. The van der Waals surface area contributed by atoms with E-state index in [0.29, 0.717) is 34.3 Å². The summed E-state index contributed by atoms with van der Waals surface area (Å²) in [4.78, 5) is 17.8. The number of amides is 1. The highest BCUT2D eigenvalue weighted by Crippen LogP contribution is 2.57. The fourth-order valence-corrected chi connectivity index (χ4v) is 7.41. The molecular weight excluding hydrogens is 414 g/mol. The predicted molar refractivity (Wildman–Crippen MR) is 122 cm³/mol. The van der Waals surface area contributed by atoms with Gasteiger partial charge < -0.3 is 14.8 Å². The van der Waals surface area contributed by atoms with Crippen molar-refractivity contribution in [2.24, 2.45) is 17.8 Å². The van der Waals surface area contributed by atoms with Crippen molar-refractivity contribution >= 4 is 23.2 Å². The van der Waals surface area contributed by atoms with Gasteiger partial charge in [-0.25, -0.2) is 0 Å². The summed E-state index contributed by atoms with van der Waals surface area (Å²) in [6.45, 7) is 4.46. The molecular formula is C24H34ClN3O3. The van der Waals surface area contributed by atoms with Crippen molar-refractivity contribution in [1.29, 1.82) is 0 Å². The van der Waals surface area contributed by atoms with E-state index in [1.165, 1.54) is 38.5 Å². The van der Waals surface area contributed by atoms with E-state index in [1.807, 2.05) is 0 Å². The summed E-state index contributed by atoms with van der Waals surface area (Å²) >= 11 is 6.17. The Morgan fingerprint density at radius 2 is 1.58 bits per heavy atom. The van der Waals surface area contributed by atoms with Crippen molar-refractivity contribution in [1.82, 2.24) is 9.80 Å². The molecule has 6 rings (SSSR count). The van der Waals surface area contributed by atoms with Gasteiger partial charge in [-0.3, -0.25) is 14.6 Å². The normalized spacial score (nSPS) is 32.8. The van der Waals surface area contributed by atoms with Gasteiger partial charge in [-0.05, 0) is 56.3 Å². The molecule has 1 aliphatic heterocycles. The van der Waals surface area contributed by atoms with Gasteiger partial charge >= 0.3 is 0 Å².